The van der Waals surface area contributed by atoms with E-state index in [9.17, 15) is 9.59 Å². The minimum Gasteiger partial charge on any atom is -0.367 e. The number of fused-ring (bicyclic) bond motifs is 2. The fourth-order valence-electron chi connectivity index (χ4n) is 6.07. The van der Waals surface area contributed by atoms with Crippen LogP contribution in [-0.4, -0.2) is 50.6 Å². The molecule has 0 radical (unpaired) electrons. The first kappa shape index (κ1) is 26.9. The molecule has 3 heterocycles. The number of rotatable bonds is 7. The van der Waals surface area contributed by atoms with E-state index in [1.807, 2.05) is 42.5 Å². The number of anilines is 1. The van der Waals surface area contributed by atoms with Crippen LogP contribution in [0.15, 0.2) is 101 Å². The van der Waals surface area contributed by atoms with Gasteiger partial charge in [0.1, 0.15) is 5.82 Å². The van der Waals surface area contributed by atoms with E-state index in [4.69, 9.17) is 4.98 Å². The van der Waals surface area contributed by atoms with Crippen molar-refractivity contribution in [1.82, 2.24) is 24.4 Å². The van der Waals surface area contributed by atoms with Crippen molar-refractivity contribution < 1.29 is 0 Å². The van der Waals surface area contributed by atoms with Crippen LogP contribution >= 0.6 is 0 Å². The number of nitrogens with zero attached hydrogens (tertiary/aromatic N) is 4. The molecule has 0 saturated carbocycles. The van der Waals surface area contributed by atoms with E-state index < -0.39 is 11.1 Å². The lowest BCUT2D eigenvalue weighted by Gasteiger charge is -2.36. The highest BCUT2D eigenvalue weighted by atomic mass is 16.2. The molecule has 216 valence electrons. The van der Waals surface area contributed by atoms with Crippen LogP contribution in [0, 0.1) is 0 Å². The molecule has 4 aromatic carbocycles. The molecule has 8 heteroatoms. The summed E-state index contributed by atoms with van der Waals surface area (Å²) >= 11 is 0. The van der Waals surface area contributed by atoms with Gasteiger partial charge in [-0.25, -0.2) is 4.98 Å². The van der Waals surface area contributed by atoms with Gasteiger partial charge < -0.3 is 14.9 Å². The number of H-pyrrole nitrogens is 2. The summed E-state index contributed by atoms with van der Waals surface area (Å²) in [5, 5.41) is 0. The molecule has 1 fully saturated rings. The molecule has 2 aromatic heterocycles. The molecule has 0 atom stereocenters. The molecule has 0 unspecified atom stereocenters. The van der Waals surface area contributed by atoms with Crippen LogP contribution in [0.4, 0.5) is 5.69 Å². The topological polar surface area (TPSA) is 90.0 Å². The Morgan fingerprint density at radius 3 is 2.28 bits per heavy atom. The predicted octanol–water partition coefficient (Wildman–Crippen LogP) is 5.17. The third-order valence-electron chi connectivity index (χ3n) is 8.47. The zero-order chi connectivity index (χ0) is 29.3. The van der Waals surface area contributed by atoms with E-state index in [2.05, 4.69) is 75.2 Å². The molecule has 43 heavy (non-hydrogen) atoms. The smallest absolute Gasteiger partial charge is 0.317 e. The van der Waals surface area contributed by atoms with Gasteiger partial charge in [0.15, 0.2) is 0 Å². The summed E-state index contributed by atoms with van der Waals surface area (Å²) < 4.78 is 1.56. The molecule has 8 nitrogen and oxygen atoms in total. The first-order valence-electron chi connectivity index (χ1n) is 14.9. The lowest BCUT2D eigenvalue weighted by Crippen LogP contribution is -2.46. The molecule has 2 N–H and O–H groups in total. The SMILES string of the molecule is CCc1ccc(-c2nc3cccc(N4CCN(Cc5ccc6c(c5)[nH]c(=O)c(=O)n6Cc5ccccc5)CC4)c3[nH]2)cc1. The Balaban J connectivity index is 1.07. The number of benzene rings is 4. The van der Waals surface area contributed by atoms with E-state index in [-0.39, 0.29) is 0 Å². The van der Waals surface area contributed by atoms with Crippen molar-refractivity contribution in [2.24, 2.45) is 0 Å². The minimum atomic E-state index is -0.594. The van der Waals surface area contributed by atoms with Crippen molar-refractivity contribution in [1.29, 1.82) is 0 Å². The van der Waals surface area contributed by atoms with Crippen LogP contribution in [0.1, 0.15) is 23.6 Å². The zero-order valence-corrected chi connectivity index (χ0v) is 24.2. The molecular formula is C35H34N6O2. The van der Waals surface area contributed by atoms with Gasteiger partial charge in [-0.05, 0) is 47.4 Å². The van der Waals surface area contributed by atoms with Crippen molar-refractivity contribution in [3.8, 4) is 11.4 Å². The number of aromatic amines is 2. The average molecular weight is 571 g/mol. The average Bonchev–Trinajstić information content (AvgIpc) is 3.49. The number of hydrogen-bond donors (Lipinski definition) is 2. The molecule has 1 aliphatic rings. The third kappa shape index (κ3) is 5.37. The number of aryl methyl sites for hydroxylation is 1. The molecular weight excluding hydrogens is 536 g/mol. The van der Waals surface area contributed by atoms with Crippen molar-refractivity contribution in [2.45, 2.75) is 26.4 Å². The summed E-state index contributed by atoms with van der Waals surface area (Å²) in [4.78, 5) is 41.4. The lowest BCUT2D eigenvalue weighted by atomic mass is 10.1. The van der Waals surface area contributed by atoms with Crippen molar-refractivity contribution in [2.75, 3.05) is 31.1 Å². The Morgan fingerprint density at radius 2 is 1.51 bits per heavy atom. The van der Waals surface area contributed by atoms with Gasteiger partial charge >= 0.3 is 11.1 Å². The predicted molar refractivity (Wildman–Crippen MR) is 173 cm³/mol. The van der Waals surface area contributed by atoms with Crippen molar-refractivity contribution in [3.63, 3.8) is 0 Å². The van der Waals surface area contributed by atoms with Gasteiger partial charge in [-0.2, -0.15) is 0 Å². The Hall–Kier alpha value is -4.95. The Labute approximate surface area is 249 Å². The zero-order valence-electron chi connectivity index (χ0n) is 24.2. The standard InChI is InChI=1S/C35H34N6O2/c1-2-24-11-14-27(15-12-24)33-36-28-9-6-10-31(32(28)38-33)40-19-17-39(18-20-40)22-26-13-16-30-29(21-26)37-34(42)35(43)41(30)23-25-7-4-3-5-8-25/h3-16,21H,2,17-20,22-23H2,1H3,(H,36,38)(H,37,42). The first-order chi connectivity index (χ1) is 21.1. The van der Waals surface area contributed by atoms with Crippen LogP contribution in [0.25, 0.3) is 33.5 Å². The second-order valence-corrected chi connectivity index (χ2v) is 11.3. The fourth-order valence-corrected chi connectivity index (χ4v) is 6.07. The summed E-state index contributed by atoms with van der Waals surface area (Å²) in [6, 6.07) is 30.7. The Morgan fingerprint density at radius 1 is 0.744 bits per heavy atom. The summed E-state index contributed by atoms with van der Waals surface area (Å²) in [5.74, 6) is 0.896. The van der Waals surface area contributed by atoms with Crippen molar-refractivity contribution >= 4 is 27.8 Å². The second kappa shape index (κ2) is 11.4. The summed E-state index contributed by atoms with van der Waals surface area (Å²) in [6.45, 7) is 6.93. The highest BCUT2D eigenvalue weighted by Crippen LogP contribution is 2.29. The molecule has 7 rings (SSSR count). The quantitative estimate of drug-likeness (QED) is 0.259. The highest BCUT2D eigenvalue weighted by molar-refractivity contribution is 5.91. The third-order valence-corrected chi connectivity index (χ3v) is 8.47. The minimum absolute atomic E-state index is 0.358. The largest absolute Gasteiger partial charge is 0.367 e. The van der Waals surface area contributed by atoms with Gasteiger partial charge in [-0.3, -0.25) is 19.1 Å². The van der Waals surface area contributed by atoms with Crippen LogP contribution in [0.3, 0.4) is 0 Å². The van der Waals surface area contributed by atoms with Gasteiger partial charge in [0.25, 0.3) is 0 Å². The maximum atomic E-state index is 12.7. The molecule has 6 aromatic rings. The molecule has 0 spiro atoms. The molecule has 0 aliphatic carbocycles. The summed E-state index contributed by atoms with van der Waals surface area (Å²) in [5.41, 5.74) is 8.02. The Kier molecular flexibility index (Phi) is 7.12. The fraction of sp³-hybridized carbons (Fsp3) is 0.229. The maximum absolute atomic E-state index is 12.7. The number of nitrogens with one attached hydrogen (secondary N) is 2. The van der Waals surface area contributed by atoms with Crippen LogP contribution < -0.4 is 16.0 Å². The first-order valence-corrected chi connectivity index (χ1v) is 14.9. The normalized spacial score (nSPS) is 14.1. The molecule has 0 amide bonds. The van der Waals surface area contributed by atoms with E-state index in [1.54, 1.807) is 4.57 Å². The lowest BCUT2D eigenvalue weighted by molar-refractivity contribution is 0.250. The number of hydrogen-bond acceptors (Lipinski definition) is 5. The molecule has 1 saturated heterocycles. The van der Waals surface area contributed by atoms with Gasteiger partial charge in [-0.15, -0.1) is 0 Å². The number of para-hydroxylation sites is 1. The Bertz CT molecular complexity index is 2020. The van der Waals surface area contributed by atoms with E-state index >= 15 is 0 Å². The van der Waals surface area contributed by atoms with E-state index in [0.29, 0.717) is 12.1 Å². The van der Waals surface area contributed by atoms with Gasteiger partial charge in [0.2, 0.25) is 0 Å². The monoisotopic (exact) mass is 570 g/mol. The maximum Gasteiger partial charge on any atom is 0.317 e. The summed E-state index contributed by atoms with van der Waals surface area (Å²) in [6.07, 6.45) is 1.02. The molecule has 1 aliphatic heterocycles. The van der Waals surface area contributed by atoms with Gasteiger partial charge in [-0.1, -0.05) is 73.7 Å². The second-order valence-electron chi connectivity index (χ2n) is 11.3. The van der Waals surface area contributed by atoms with Crippen LogP contribution in [0.5, 0.6) is 0 Å². The van der Waals surface area contributed by atoms with E-state index in [0.717, 1.165) is 78.2 Å². The number of aromatic nitrogens is 4. The summed E-state index contributed by atoms with van der Waals surface area (Å²) in [7, 11) is 0. The van der Waals surface area contributed by atoms with Crippen LogP contribution in [-0.2, 0) is 19.5 Å². The number of piperazine rings is 1. The number of imidazole rings is 1. The van der Waals surface area contributed by atoms with Crippen molar-refractivity contribution in [3.05, 3.63) is 128 Å². The molecule has 0 bridgehead atoms. The van der Waals surface area contributed by atoms with Gasteiger partial charge in [0, 0.05) is 38.3 Å². The van der Waals surface area contributed by atoms with Crippen LogP contribution in [0.2, 0.25) is 0 Å². The van der Waals surface area contributed by atoms with Gasteiger partial charge in [0.05, 0.1) is 34.3 Å². The van der Waals surface area contributed by atoms with E-state index in [1.165, 1.54) is 11.3 Å². The highest BCUT2D eigenvalue weighted by Gasteiger charge is 2.21.